The van der Waals surface area contributed by atoms with Gasteiger partial charge in [0.25, 0.3) is 5.91 Å². The van der Waals surface area contributed by atoms with E-state index in [9.17, 15) is 4.79 Å². The van der Waals surface area contributed by atoms with Crippen molar-refractivity contribution in [3.8, 4) is 5.75 Å². The van der Waals surface area contributed by atoms with E-state index in [1.165, 1.54) is 0 Å². The van der Waals surface area contributed by atoms with Crippen molar-refractivity contribution >= 4 is 24.3 Å². The van der Waals surface area contributed by atoms with E-state index in [4.69, 9.17) is 19.5 Å². The zero-order valence-corrected chi connectivity index (χ0v) is 20.2. The first-order chi connectivity index (χ1) is 15.4. The minimum atomic E-state index is -0.534. The van der Waals surface area contributed by atoms with Crippen molar-refractivity contribution < 1.29 is 24.3 Å². The Morgan fingerprint density at radius 1 is 1.12 bits per heavy atom. The molecule has 2 N–H and O–H groups in total. The van der Waals surface area contributed by atoms with E-state index >= 15 is 0 Å². The highest BCUT2D eigenvalue weighted by molar-refractivity contribution is 5.94. The van der Waals surface area contributed by atoms with Gasteiger partial charge in [-0.1, -0.05) is 19.0 Å². The van der Waals surface area contributed by atoms with Gasteiger partial charge in [-0.25, -0.2) is 0 Å². The lowest BCUT2D eigenvalue weighted by atomic mass is 10.1. The molecule has 0 radical (unpaired) electrons. The molecule has 11 heteroatoms. The van der Waals surface area contributed by atoms with Crippen LogP contribution in [0.2, 0.25) is 0 Å². The van der Waals surface area contributed by atoms with Gasteiger partial charge in [0.15, 0.2) is 5.82 Å². The molecule has 184 valence electrons. The summed E-state index contributed by atoms with van der Waals surface area (Å²) in [4.78, 5) is 22.1. The smallest absolute Gasteiger partial charge is 0.324 e. The number of rotatable bonds is 10. The normalized spacial score (nSPS) is 15.3. The first-order valence-corrected chi connectivity index (χ1v) is 11.0. The van der Waals surface area contributed by atoms with Gasteiger partial charge >= 0.3 is 6.01 Å². The number of nitrogens with zero attached hydrogens (tertiary/aromatic N) is 5. The fourth-order valence-corrected chi connectivity index (χ4v) is 3.52. The molecule has 1 fully saturated rings. The van der Waals surface area contributed by atoms with Gasteiger partial charge in [-0.3, -0.25) is 14.6 Å². The highest BCUT2D eigenvalue weighted by Crippen LogP contribution is 2.19. The number of hydrogen-bond donors (Lipinski definition) is 2. The molecule has 1 unspecified atom stereocenters. The predicted octanol–water partition coefficient (Wildman–Crippen LogP) is 1.94. The summed E-state index contributed by atoms with van der Waals surface area (Å²) in [5.41, 5.74) is 0.383. The molecule has 3 rings (SSSR count). The molecule has 0 spiro atoms. The molecule has 1 amide bonds. The Kier molecular flexibility index (Phi) is 10.4. The second-order valence-electron chi connectivity index (χ2n) is 8.25. The summed E-state index contributed by atoms with van der Waals surface area (Å²) in [5, 5.41) is 22.2. The van der Waals surface area contributed by atoms with Crippen LogP contribution in [0, 0.1) is 0 Å². The van der Waals surface area contributed by atoms with E-state index in [1.54, 1.807) is 24.3 Å². The van der Waals surface area contributed by atoms with Crippen LogP contribution in [0.25, 0.3) is 0 Å². The van der Waals surface area contributed by atoms with E-state index < -0.39 is 19.4 Å². The summed E-state index contributed by atoms with van der Waals surface area (Å²) in [6.45, 7) is 9.32. The highest BCUT2D eigenvalue weighted by atomic mass is 35.5. The number of carbonyl (C=O) groups excluding carboxylic acids is 1. The number of aliphatic hydroxyl groups excluding tert-OH is 2. The molecular formula is C22H34ClN5O5. The van der Waals surface area contributed by atoms with E-state index in [0.29, 0.717) is 30.0 Å². The summed E-state index contributed by atoms with van der Waals surface area (Å²) >= 11 is 0. The van der Waals surface area contributed by atoms with E-state index in [1.807, 2.05) is 13.8 Å². The molecule has 0 bridgehead atoms. The highest BCUT2D eigenvalue weighted by Gasteiger charge is 2.24. The van der Waals surface area contributed by atoms with Crippen molar-refractivity contribution in [1.29, 1.82) is 0 Å². The number of ether oxygens (including phenoxy) is 1. The third-order valence-corrected chi connectivity index (χ3v) is 5.69. The lowest BCUT2D eigenvalue weighted by Gasteiger charge is -2.37. The third-order valence-electron chi connectivity index (χ3n) is 5.69. The number of carbonyl (C=O) groups is 1. The lowest BCUT2D eigenvalue weighted by molar-refractivity contribution is 0.0240. The summed E-state index contributed by atoms with van der Waals surface area (Å²) in [7, 11) is 0. The number of halogens is 1. The molecule has 1 aliphatic heterocycles. The zero-order valence-electron chi connectivity index (χ0n) is 19.4. The van der Waals surface area contributed by atoms with Crippen molar-refractivity contribution in [3.05, 3.63) is 35.7 Å². The maximum atomic E-state index is 12.1. The molecule has 1 aromatic carbocycles. The SMILES string of the molecule is CC(C)c1noc(N2CCN(C(C)CCOc3ccc(C(=O)N(CO)CO)cc3)CC2)n1.Cl. The Balaban J connectivity index is 0.00000385. The van der Waals surface area contributed by atoms with Gasteiger partial charge in [0.1, 0.15) is 19.2 Å². The molecular weight excluding hydrogens is 450 g/mol. The van der Waals surface area contributed by atoms with Crippen LogP contribution in [0.15, 0.2) is 28.8 Å². The molecule has 1 saturated heterocycles. The molecule has 10 nitrogen and oxygen atoms in total. The quantitative estimate of drug-likeness (QED) is 0.489. The fraction of sp³-hybridized carbons (Fsp3) is 0.591. The second-order valence-corrected chi connectivity index (χ2v) is 8.25. The van der Waals surface area contributed by atoms with E-state index in [-0.39, 0.29) is 18.3 Å². The van der Waals surface area contributed by atoms with Crippen LogP contribution in [0.1, 0.15) is 49.3 Å². The Bertz CT molecular complexity index is 851. The fourth-order valence-electron chi connectivity index (χ4n) is 3.52. The number of aliphatic hydroxyl groups is 2. The van der Waals surface area contributed by atoms with Gasteiger partial charge in [-0.05, 0) is 37.6 Å². The Labute approximate surface area is 200 Å². The van der Waals surface area contributed by atoms with Crippen LogP contribution in [0.5, 0.6) is 5.75 Å². The number of piperazine rings is 1. The molecule has 1 aliphatic rings. The summed E-state index contributed by atoms with van der Waals surface area (Å²) in [5.74, 6) is 1.23. The number of amides is 1. The van der Waals surface area contributed by atoms with Gasteiger partial charge in [-0.2, -0.15) is 4.98 Å². The van der Waals surface area contributed by atoms with Crippen LogP contribution in [-0.2, 0) is 0 Å². The van der Waals surface area contributed by atoms with Gasteiger partial charge in [0, 0.05) is 43.7 Å². The Morgan fingerprint density at radius 3 is 2.30 bits per heavy atom. The minimum Gasteiger partial charge on any atom is -0.494 e. The standard InChI is InChI=1S/C22H33N5O5.ClH/c1-16(2)20-23-22(32-24-20)26-11-9-25(10-12-26)17(3)8-13-31-19-6-4-18(5-7-19)21(30)27(14-28)15-29;/h4-7,16-17,28-29H,8-15H2,1-3H3;1H. The summed E-state index contributed by atoms with van der Waals surface area (Å²) in [6, 6.07) is 7.67. The molecule has 1 aromatic heterocycles. The van der Waals surface area contributed by atoms with E-state index in [0.717, 1.165) is 43.3 Å². The molecule has 2 aromatic rings. The third kappa shape index (κ3) is 7.04. The molecule has 0 saturated carbocycles. The number of aromatic nitrogens is 2. The van der Waals surface area contributed by atoms with Crippen LogP contribution < -0.4 is 9.64 Å². The molecule has 0 aliphatic carbocycles. The number of anilines is 1. The van der Waals surface area contributed by atoms with Gasteiger partial charge in [0.2, 0.25) is 0 Å². The summed E-state index contributed by atoms with van der Waals surface area (Å²) < 4.78 is 11.2. The monoisotopic (exact) mass is 483 g/mol. The van der Waals surface area contributed by atoms with E-state index in [2.05, 4.69) is 26.9 Å². The lowest BCUT2D eigenvalue weighted by Crippen LogP contribution is -2.50. The van der Waals surface area contributed by atoms with Crippen LogP contribution in [0.3, 0.4) is 0 Å². The average Bonchev–Trinajstić information content (AvgIpc) is 3.31. The van der Waals surface area contributed by atoms with Crippen molar-refractivity contribution in [2.24, 2.45) is 0 Å². The molecule has 1 atom stereocenters. The van der Waals surface area contributed by atoms with Gasteiger partial charge in [0.05, 0.1) is 6.61 Å². The number of benzene rings is 1. The first kappa shape index (κ1) is 26.8. The maximum absolute atomic E-state index is 12.1. The Morgan fingerprint density at radius 2 is 1.76 bits per heavy atom. The molecule has 2 heterocycles. The second kappa shape index (κ2) is 12.7. The predicted molar refractivity (Wildman–Crippen MR) is 126 cm³/mol. The Hall–Kier alpha value is -2.40. The number of hydrogen-bond acceptors (Lipinski definition) is 9. The zero-order chi connectivity index (χ0) is 23.1. The average molecular weight is 484 g/mol. The van der Waals surface area contributed by atoms with Crippen LogP contribution >= 0.6 is 12.4 Å². The van der Waals surface area contributed by atoms with Crippen molar-refractivity contribution in [2.75, 3.05) is 51.1 Å². The topological polar surface area (TPSA) is 115 Å². The molecule has 33 heavy (non-hydrogen) atoms. The van der Waals surface area contributed by atoms with Crippen LogP contribution in [-0.4, -0.2) is 88.4 Å². The van der Waals surface area contributed by atoms with Crippen molar-refractivity contribution in [1.82, 2.24) is 19.9 Å². The minimum absolute atomic E-state index is 0. The van der Waals surface area contributed by atoms with Gasteiger partial charge < -0.3 is 24.4 Å². The maximum Gasteiger partial charge on any atom is 0.324 e. The van der Waals surface area contributed by atoms with Crippen LogP contribution in [0.4, 0.5) is 6.01 Å². The van der Waals surface area contributed by atoms with Crippen molar-refractivity contribution in [2.45, 2.75) is 39.2 Å². The first-order valence-electron chi connectivity index (χ1n) is 11.0. The van der Waals surface area contributed by atoms with Gasteiger partial charge in [-0.15, -0.1) is 12.4 Å². The summed E-state index contributed by atoms with van der Waals surface area (Å²) in [6.07, 6.45) is 0.877. The largest absolute Gasteiger partial charge is 0.494 e. The van der Waals surface area contributed by atoms with Crippen molar-refractivity contribution in [3.63, 3.8) is 0 Å².